The molecule has 0 aromatic heterocycles. The van der Waals surface area contributed by atoms with E-state index >= 15 is 0 Å². The van der Waals surface area contributed by atoms with Crippen molar-refractivity contribution in [3.8, 4) is 0 Å². The molecule has 0 saturated carbocycles. The number of amides is 1. The van der Waals surface area contributed by atoms with Gasteiger partial charge in [-0.1, -0.05) is 39.8 Å². The first-order chi connectivity index (χ1) is 9.02. The van der Waals surface area contributed by atoms with Crippen LogP contribution in [0.2, 0.25) is 0 Å². The number of hydrogen-bond acceptors (Lipinski definition) is 3. The maximum atomic E-state index is 11.3. The number of nitrogens with two attached hydrogens (primary N) is 2. The molecule has 2 unspecified atom stereocenters. The highest BCUT2D eigenvalue weighted by Crippen LogP contribution is 2.30. The highest BCUT2D eigenvalue weighted by Gasteiger charge is 2.28. The molecule has 0 fully saturated rings. The predicted molar refractivity (Wildman–Crippen MR) is 86.9 cm³/mol. The summed E-state index contributed by atoms with van der Waals surface area (Å²) in [5, 5.41) is 0.234. The molecule has 0 aliphatic rings. The van der Waals surface area contributed by atoms with Crippen molar-refractivity contribution < 1.29 is 4.79 Å². The molecule has 0 bridgehead atoms. The van der Waals surface area contributed by atoms with Gasteiger partial charge in [0.05, 0.1) is 5.54 Å². The summed E-state index contributed by atoms with van der Waals surface area (Å²) in [5.41, 5.74) is 11.7. The summed E-state index contributed by atoms with van der Waals surface area (Å²) in [4.78, 5) is 12.4. The summed E-state index contributed by atoms with van der Waals surface area (Å²) in [7, 11) is 0. The zero-order valence-corrected chi connectivity index (χ0v) is 13.9. The summed E-state index contributed by atoms with van der Waals surface area (Å²) < 4.78 is 0. The van der Waals surface area contributed by atoms with Gasteiger partial charge in [0.25, 0.3) is 0 Å². The third-order valence-corrected chi connectivity index (χ3v) is 4.45. The fourth-order valence-corrected chi connectivity index (χ4v) is 3.19. The molecule has 0 saturated heterocycles. The van der Waals surface area contributed by atoms with E-state index in [4.69, 9.17) is 11.5 Å². The van der Waals surface area contributed by atoms with Gasteiger partial charge in [0.1, 0.15) is 0 Å². The van der Waals surface area contributed by atoms with Gasteiger partial charge in [0.2, 0.25) is 5.91 Å². The van der Waals surface area contributed by atoms with Gasteiger partial charge in [-0.15, -0.1) is 11.8 Å². The van der Waals surface area contributed by atoms with Crippen molar-refractivity contribution in [1.29, 1.82) is 0 Å². The maximum Gasteiger partial charge on any atom is 0.237 e. The van der Waals surface area contributed by atoms with Crippen LogP contribution in [0.15, 0.2) is 29.2 Å². The molecule has 1 amide bonds. The number of primary amides is 1. The molecular weight excluding hydrogens is 268 g/mol. The minimum absolute atomic E-state index is 0.163. The Morgan fingerprint density at radius 3 is 2.10 bits per heavy atom. The lowest BCUT2D eigenvalue weighted by Gasteiger charge is -2.24. The van der Waals surface area contributed by atoms with Gasteiger partial charge in [-0.05, 0) is 36.5 Å². The van der Waals surface area contributed by atoms with Crippen molar-refractivity contribution in [3.05, 3.63) is 29.8 Å². The van der Waals surface area contributed by atoms with E-state index in [9.17, 15) is 4.79 Å². The summed E-state index contributed by atoms with van der Waals surface area (Å²) in [5.74, 6) is -0.451. The first kappa shape index (κ1) is 17.1. The van der Waals surface area contributed by atoms with Gasteiger partial charge in [0.15, 0.2) is 0 Å². The molecule has 1 rings (SSSR count). The molecule has 0 heterocycles. The molecule has 4 heteroatoms. The highest BCUT2D eigenvalue weighted by molar-refractivity contribution is 7.99. The third-order valence-electron chi connectivity index (χ3n) is 3.33. The van der Waals surface area contributed by atoms with Crippen LogP contribution in [0, 0.1) is 0 Å². The normalized spacial score (nSPS) is 16.5. The van der Waals surface area contributed by atoms with E-state index in [0.29, 0.717) is 6.42 Å². The monoisotopic (exact) mass is 294 g/mol. The molecule has 1 aromatic rings. The number of carbonyl (C=O) groups excluding carboxylic acids is 1. The maximum absolute atomic E-state index is 11.3. The molecule has 20 heavy (non-hydrogen) atoms. The Labute approximate surface area is 126 Å². The van der Waals surface area contributed by atoms with E-state index in [-0.39, 0.29) is 10.7 Å². The van der Waals surface area contributed by atoms with Crippen molar-refractivity contribution in [1.82, 2.24) is 0 Å². The second-order valence-corrected chi connectivity index (χ2v) is 8.20. The van der Waals surface area contributed by atoms with E-state index < -0.39 is 11.4 Å². The van der Waals surface area contributed by atoms with Gasteiger partial charge in [-0.3, -0.25) is 4.79 Å². The van der Waals surface area contributed by atoms with Gasteiger partial charge in [0, 0.05) is 10.1 Å². The van der Waals surface area contributed by atoms with Crippen LogP contribution in [-0.4, -0.2) is 16.7 Å². The molecule has 3 nitrogen and oxygen atoms in total. The molecule has 4 N–H and O–H groups in total. The molecule has 0 aliphatic carbocycles. The predicted octanol–water partition coefficient (Wildman–Crippen LogP) is 3.06. The topological polar surface area (TPSA) is 69.1 Å². The summed E-state index contributed by atoms with van der Waals surface area (Å²) >= 11 is 1.72. The number of hydrogen-bond donors (Lipinski definition) is 2. The average Bonchev–Trinajstić information content (AvgIpc) is 2.27. The largest absolute Gasteiger partial charge is 0.368 e. The molecular formula is C16H26N2OS. The Morgan fingerprint density at radius 1 is 1.20 bits per heavy atom. The molecule has 2 atom stereocenters. The first-order valence-electron chi connectivity index (χ1n) is 6.88. The molecule has 0 aliphatic heterocycles. The summed E-state index contributed by atoms with van der Waals surface area (Å²) in [6.07, 6.45) is 0.564. The van der Waals surface area contributed by atoms with E-state index in [1.165, 1.54) is 10.5 Å². The first-order valence-corrected chi connectivity index (χ1v) is 7.76. The number of benzene rings is 1. The SMILES string of the molecule is CC(CC(C)(N)C(N)=O)Sc1ccc(C(C)(C)C)cc1. The lowest BCUT2D eigenvalue weighted by Crippen LogP contribution is -2.50. The van der Waals surface area contributed by atoms with Crippen LogP contribution in [0.1, 0.15) is 46.6 Å². The Balaban J connectivity index is 2.68. The fraction of sp³-hybridized carbons (Fsp3) is 0.562. The second kappa shape index (κ2) is 6.19. The van der Waals surface area contributed by atoms with Crippen LogP contribution >= 0.6 is 11.8 Å². The fourth-order valence-electron chi connectivity index (χ4n) is 2.01. The van der Waals surface area contributed by atoms with Crippen LogP contribution in [0.3, 0.4) is 0 Å². The number of thioether (sulfide) groups is 1. The zero-order chi connectivity index (χ0) is 15.6. The van der Waals surface area contributed by atoms with Crippen molar-refractivity contribution in [3.63, 3.8) is 0 Å². The quantitative estimate of drug-likeness (QED) is 0.820. The minimum Gasteiger partial charge on any atom is -0.368 e. The Kier molecular flexibility index (Phi) is 5.27. The highest BCUT2D eigenvalue weighted by atomic mass is 32.2. The van der Waals surface area contributed by atoms with Crippen LogP contribution in [0.5, 0.6) is 0 Å². The van der Waals surface area contributed by atoms with Crippen LogP contribution in [0.4, 0.5) is 0 Å². The average molecular weight is 294 g/mol. The van der Waals surface area contributed by atoms with Crippen molar-refractivity contribution in [2.24, 2.45) is 11.5 Å². The lowest BCUT2D eigenvalue weighted by molar-refractivity contribution is -0.122. The zero-order valence-electron chi connectivity index (χ0n) is 13.1. The molecule has 1 aromatic carbocycles. The second-order valence-electron chi connectivity index (χ2n) is 6.69. The van der Waals surface area contributed by atoms with Gasteiger partial charge in [-0.25, -0.2) is 0 Å². The lowest BCUT2D eigenvalue weighted by atomic mass is 9.87. The van der Waals surface area contributed by atoms with Crippen LogP contribution < -0.4 is 11.5 Å². The van der Waals surface area contributed by atoms with Crippen LogP contribution in [-0.2, 0) is 10.2 Å². The van der Waals surface area contributed by atoms with Gasteiger partial charge >= 0.3 is 0 Å². The number of carbonyl (C=O) groups is 1. The summed E-state index contributed by atoms with van der Waals surface area (Å²) in [6.45, 7) is 10.4. The van der Waals surface area contributed by atoms with E-state index in [1.807, 2.05) is 0 Å². The Morgan fingerprint density at radius 2 is 1.70 bits per heavy atom. The summed E-state index contributed by atoms with van der Waals surface area (Å²) in [6, 6.07) is 8.56. The molecule has 112 valence electrons. The van der Waals surface area contributed by atoms with E-state index in [0.717, 1.165) is 0 Å². The van der Waals surface area contributed by atoms with Crippen molar-refractivity contribution in [2.45, 2.75) is 62.1 Å². The van der Waals surface area contributed by atoms with Crippen molar-refractivity contribution >= 4 is 17.7 Å². The Bertz CT molecular complexity index is 460. The van der Waals surface area contributed by atoms with E-state index in [1.54, 1.807) is 18.7 Å². The van der Waals surface area contributed by atoms with Gasteiger partial charge < -0.3 is 11.5 Å². The van der Waals surface area contributed by atoms with Crippen molar-refractivity contribution in [2.75, 3.05) is 0 Å². The minimum atomic E-state index is -0.947. The van der Waals surface area contributed by atoms with Crippen LogP contribution in [0.25, 0.3) is 0 Å². The smallest absolute Gasteiger partial charge is 0.237 e. The Hall–Kier alpha value is -1.00. The third kappa shape index (κ3) is 4.84. The molecule has 0 radical (unpaired) electrons. The number of rotatable bonds is 5. The standard InChI is InChI=1S/C16H26N2OS/c1-11(10-16(5,18)14(17)19)20-13-8-6-12(7-9-13)15(2,3)4/h6-9,11H,10,18H2,1-5H3,(H2,17,19). The van der Waals surface area contributed by atoms with E-state index in [2.05, 4.69) is 52.0 Å². The molecule has 0 spiro atoms. The van der Waals surface area contributed by atoms with Gasteiger partial charge in [-0.2, -0.15) is 0 Å².